The van der Waals surface area contributed by atoms with E-state index < -0.39 is 16.9 Å². The molecule has 1 saturated heterocycles. The fourth-order valence-electron chi connectivity index (χ4n) is 3.22. The van der Waals surface area contributed by atoms with Gasteiger partial charge < -0.3 is 19.8 Å². The number of carboxylic acids is 2. The van der Waals surface area contributed by atoms with Crippen LogP contribution in [0.15, 0.2) is 66.7 Å². The number of piperidine rings is 1. The zero-order valence-corrected chi connectivity index (χ0v) is 17.0. The van der Waals surface area contributed by atoms with Crippen LogP contribution < -0.4 is 4.74 Å². The van der Waals surface area contributed by atoms with Crippen molar-refractivity contribution in [2.45, 2.75) is 18.4 Å². The number of hydrogen-bond acceptors (Lipinski definition) is 6. The number of non-ortho nitro benzene ring substituents is 1. The third-order valence-electron chi connectivity index (χ3n) is 4.68. The molecule has 3 rings (SSSR count). The van der Waals surface area contributed by atoms with Gasteiger partial charge in [-0.05, 0) is 31.2 Å². The van der Waals surface area contributed by atoms with Crippen molar-refractivity contribution in [2.75, 3.05) is 20.1 Å². The van der Waals surface area contributed by atoms with Gasteiger partial charge in [0.15, 0.2) is 0 Å². The van der Waals surface area contributed by atoms with Crippen molar-refractivity contribution in [3.05, 3.63) is 82.4 Å². The molecular formula is C22H24N2O7. The minimum Gasteiger partial charge on any atom is -0.490 e. The normalized spacial score (nSPS) is 18.6. The fourth-order valence-corrected chi connectivity index (χ4v) is 3.22. The molecule has 164 valence electrons. The minimum atomic E-state index is -1.26. The number of aliphatic carboxylic acids is 2. The quantitative estimate of drug-likeness (QED) is 0.408. The Hall–Kier alpha value is -3.72. The molecule has 2 aromatic rings. The molecule has 0 aromatic heterocycles. The van der Waals surface area contributed by atoms with E-state index in [9.17, 15) is 19.7 Å². The maximum Gasteiger partial charge on any atom is 0.328 e. The molecule has 1 aliphatic heterocycles. The van der Waals surface area contributed by atoms with Gasteiger partial charge in [0.05, 0.1) is 4.92 Å². The van der Waals surface area contributed by atoms with Crippen molar-refractivity contribution in [1.29, 1.82) is 0 Å². The molecule has 2 atom stereocenters. The fraction of sp³-hybridized carbons (Fsp3) is 0.273. The second-order valence-corrected chi connectivity index (χ2v) is 6.99. The van der Waals surface area contributed by atoms with Crippen molar-refractivity contribution in [3.8, 4) is 5.75 Å². The number of likely N-dealkylation sites (N-methyl/N-ethyl adjacent to an activating group) is 1. The van der Waals surface area contributed by atoms with Gasteiger partial charge in [0.1, 0.15) is 11.9 Å². The first-order valence-electron chi connectivity index (χ1n) is 9.54. The molecule has 0 aliphatic carbocycles. The van der Waals surface area contributed by atoms with Crippen LogP contribution in [0.5, 0.6) is 5.75 Å². The van der Waals surface area contributed by atoms with Crippen molar-refractivity contribution >= 4 is 17.6 Å². The summed E-state index contributed by atoms with van der Waals surface area (Å²) in [4.78, 5) is 31.8. The predicted molar refractivity (Wildman–Crippen MR) is 113 cm³/mol. The van der Waals surface area contributed by atoms with Crippen LogP contribution >= 0.6 is 0 Å². The van der Waals surface area contributed by atoms with Gasteiger partial charge in [0.25, 0.3) is 5.69 Å². The molecule has 0 radical (unpaired) electrons. The largest absolute Gasteiger partial charge is 0.490 e. The molecule has 9 heteroatoms. The van der Waals surface area contributed by atoms with Gasteiger partial charge in [-0.15, -0.1) is 0 Å². The van der Waals surface area contributed by atoms with Crippen molar-refractivity contribution in [1.82, 2.24) is 4.90 Å². The molecule has 2 N–H and O–H groups in total. The number of carbonyl (C=O) groups is 2. The van der Waals surface area contributed by atoms with Crippen LogP contribution in [0.2, 0.25) is 0 Å². The van der Waals surface area contributed by atoms with Gasteiger partial charge in [0.2, 0.25) is 0 Å². The molecule has 0 unspecified atom stereocenters. The van der Waals surface area contributed by atoms with E-state index in [1.807, 2.05) is 18.2 Å². The van der Waals surface area contributed by atoms with Crippen molar-refractivity contribution < 1.29 is 29.5 Å². The lowest BCUT2D eigenvalue weighted by Crippen LogP contribution is -2.42. The van der Waals surface area contributed by atoms with Crippen LogP contribution in [0.25, 0.3) is 0 Å². The summed E-state index contributed by atoms with van der Waals surface area (Å²) in [5.41, 5.74) is 1.35. The molecule has 9 nitrogen and oxygen atoms in total. The molecule has 1 fully saturated rings. The third kappa shape index (κ3) is 7.90. The zero-order valence-electron chi connectivity index (χ0n) is 17.0. The second kappa shape index (κ2) is 11.5. The average Bonchev–Trinajstić information content (AvgIpc) is 2.75. The van der Waals surface area contributed by atoms with Crippen LogP contribution in [-0.4, -0.2) is 58.2 Å². The Kier molecular flexibility index (Phi) is 8.71. The number of rotatable bonds is 6. The van der Waals surface area contributed by atoms with E-state index >= 15 is 0 Å². The van der Waals surface area contributed by atoms with E-state index in [-0.39, 0.29) is 11.8 Å². The predicted octanol–water partition coefficient (Wildman–Crippen LogP) is 3.17. The summed E-state index contributed by atoms with van der Waals surface area (Å²) in [5, 5.41) is 26.4. The lowest BCUT2D eigenvalue weighted by Gasteiger charge is -2.37. The lowest BCUT2D eigenvalue weighted by atomic mass is 9.88. The van der Waals surface area contributed by atoms with Gasteiger partial charge in [-0.2, -0.15) is 0 Å². The Labute approximate surface area is 179 Å². The van der Waals surface area contributed by atoms with Crippen LogP contribution in [0.1, 0.15) is 17.9 Å². The number of hydrogen-bond donors (Lipinski definition) is 2. The Morgan fingerprint density at radius 3 is 2.16 bits per heavy atom. The van der Waals surface area contributed by atoms with Crippen molar-refractivity contribution in [3.63, 3.8) is 0 Å². The average molecular weight is 428 g/mol. The number of nitro groups is 1. The van der Waals surface area contributed by atoms with E-state index in [1.165, 1.54) is 17.7 Å². The smallest absolute Gasteiger partial charge is 0.328 e. The zero-order chi connectivity index (χ0) is 22.8. The van der Waals surface area contributed by atoms with Gasteiger partial charge in [-0.1, -0.05) is 30.3 Å². The van der Waals surface area contributed by atoms with Crippen LogP contribution in [0.3, 0.4) is 0 Å². The Morgan fingerprint density at radius 2 is 1.65 bits per heavy atom. The molecule has 2 aromatic carbocycles. The maximum atomic E-state index is 10.7. The number of nitro benzene ring substituents is 1. The van der Waals surface area contributed by atoms with E-state index in [2.05, 4.69) is 24.1 Å². The number of ether oxygens (including phenoxy) is 1. The standard InChI is InChI=1S/C18H20N2O3.C4H4O4/c1-19-12-11-18(17(13-19)14-5-3-2-4-6-14)23-16-9-7-15(8-10-16)20(21)22;5-3(6)1-2-4(7)8/h2-10,17-18H,11-13H2,1H3;1-2H,(H,5,6)(H,7,8)/t17-,18-;/m0./s1. The number of nitrogens with zero attached hydrogens (tertiary/aromatic N) is 2. The molecule has 0 amide bonds. The summed E-state index contributed by atoms with van der Waals surface area (Å²) < 4.78 is 6.16. The summed E-state index contributed by atoms with van der Waals surface area (Å²) in [5.74, 6) is -1.53. The highest BCUT2D eigenvalue weighted by Gasteiger charge is 2.30. The number of likely N-dealkylation sites (tertiary alicyclic amines) is 1. The van der Waals surface area contributed by atoms with E-state index in [0.29, 0.717) is 23.8 Å². The molecule has 31 heavy (non-hydrogen) atoms. The lowest BCUT2D eigenvalue weighted by molar-refractivity contribution is -0.384. The highest BCUT2D eigenvalue weighted by atomic mass is 16.6. The molecule has 0 saturated carbocycles. The SMILES string of the molecule is CN1CC[C@H](Oc2ccc([N+](=O)[O-])cc2)[C@H](c2ccccc2)C1.O=C(O)C=CC(=O)O. The maximum absolute atomic E-state index is 10.7. The Balaban J connectivity index is 0.000000366. The van der Waals surface area contributed by atoms with Gasteiger partial charge in [-0.25, -0.2) is 9.59 Å². The number of carboxylic acid groups (broad SMARTS) is 2. The molecule has 1 aliphatic rings. The molecule has 0 spiro atoms. The first-order chi connectivity index (χ1) is 14.8. The summed E-state index contributed by atoms with van der Waals surface area (Å²) in [7, 11) is 2.12. The highest BCUT2D eigenvalue weighted by Crippen LogP contribution is 2.30. The summed E-state index contributed by atoms with van der Waals surface area (Å²) in [6.07, 6.45) is 2.13. The molecular weight excluding hydrogens is 404 g/mol. The first-order valence-corrected chi connectivity index (χ1v) is 9.54. The van der Waals surface area contributed by atoms with E-state index in [4.69, 9.17) is 14.9 Å². The van der Waals surface area contributed by atoms with E-state index in [0.717, 1.165) is 19.5 Å². The molecule has 0 bridgehead atoms. The minimum absolute atomic E-state index is 0.0788. The highest BCUT2D eigenvalue weighted by molar-refractivity contribution is 5.89. The summed E-state index contributed by atoms with van der Waals surface area (Å²) in [6, 6.07) is 16.7. The third-order valence-corrected chi connectivity index (χ3v) is 4.68. The van der Waals surface area contributed by atoms with E-state index in [1.54, 1.807) is 12.1 Å². The van der Waals surface area contributed by atoms with Gasteiger partial charge in [0, 0.05) is 43.3 Å². The second-order valence-electron chi connectivity index (χ2n) is 6.99. The monoisotopic (exact) mass is 428 g/mol. The first kappa shape index (κ1) is 23.6. The Bertz CT molecular complexity index is 897. The summed E-state index contributed by atoms with van der Waals surface area (Å²) >= 11 is 0. The summed E-state index contributed by atoms with van der Waals surface area (Å²) in [6.45, 7) is 1.93. The molecule has 1 heterocycles. The van der Waals surface area contributed by atoms with Crippen LogP contribution in [0, 0.1) is 10.1 Å². The topological polar surface area (TPSA) is 130 Å². The van der Waals surface area contributed by atoms with Gasteiger partial charge >= 0.3 is 11.9 Å². The van der Waals surface area contributed by atoms with Crippen molar-refractivity contribution in [2.24, 2.45) is 0 Å². The van der Waals surface area contributed by atoms with Crippen LogP contribution in [0.4, 0.5) is 5.69 Å². The van der Waals surface area contributed by atoms with Gasteiger partial charge in [-0.3, -0.25) is 10.1 Å². The van der Waals surface area contributed by atoms with Crippen LogP contribution in [-0.2, 0) is 9.59 Å². The number of benzene rings is 2. The Morgan fingerprint density at radius 1 is 1.06 bits per heavy atom.